The Morgan fingerprint density at radius 3 is 2.70 bits per heavy atom. The Morgan fingerprint density at radius 1 is 1.04 bits per heavy atom. The molecule has 0 N–H and O–H groups in total. The lowest BCUT2D eigenvalue weighted by molar-refractivity contribution is 0.571. The Hall–Kier alpha value is -2.60. The van der Waals surface area contributed by atoms with Gasteiger partial charge in [0.1, 0.15) is 16.9 Å². The van der Waals surface area contributed by atoms with Crippen LogP contribution in [-0.2, 0) is 0 Å². The third-order valence-electron chi connectivity index (χ3n) is 3.99. The third kappa shape index (κ3) is 2.51. The molecule has 6 heteroatoms. The summed E-state index contributed by atoms with van der Waals surface area (Å²) in [5, 5.41) is 0. The van der Waals surface area contributed by atoms with Gasteiger partial charge < -0.3 is 4.57 Å². The molecule has 5 nitrogen and oxygen atoms in total. The maximum atomic E-state index is 4.57. The molecule has 1 atom stereocenters. The Morgan fingerprint density at radius 2 is 1.87 bits per heavy atom. The van der Waals surface area contributed by atoms with E-state index in [2.05, 4.69) is 54.5 Å². The van der Waals surface area contributed by atoms with Crippen molar-refractivity contribution in [3.05, 3.63) is 60.7 Å². The average Bonchev–Trinajstić information content (AvgIpc) is 3.25. The van der Waals surface area contributed by atoms with Gasteiger partial charge in [-0.3, -0.25) is 4.98 Å². The number of hydrogen-bond acceptors (Lipinski definition) is 5. The van der Waals surface area contributed by atoms with Crippen LogP contribution in [0.15, 0.2) is 55.1 Å². The van der Waals surface area contributed by atoms with Crippen LogP contribution in [0, 0.1) is 0 Å². The van der Waals surface area contributed by atoms with Gasteiger partial charge in [-0.15, -0.1) is 0 Å². The van der Waals surface area contributed by atoms with E-state index < -0.39 is 0 Å². The summed E-state index contributed by atoms with van der Waals surface area (Å²) in [7, 11) is 0. The standard InChI is InChI=1S/C17H15N5S/c1-2-16(12-5-7-18-8-6-12)22-10-9-19-17(22)13-3-4-14-15(11-13)21-23-20-14/h3-11,16H,2H2,1H3/t16-/m1/s1. The summed E-state index contributed by atoms with van der Waals surface area (Å²) in [6.07, 6.45) is 8.53. The molecule has 1 aromatic carbocycles. The van der Waals surface area contributed by atoms with Gasteiger partial charge in [-0.25, -0.2) is 4.98 Å². The van der Waals surface area contributed by atoms with Gasteiger partial charge in [-0.1, -0.05) is 6.92 Å². The monoisotopic (exact) mass is 321 g/mol. The van der Waals surface area contributed by atoms with E-state index in [4.69, 9.17) is 0 Å². The normalized spacial score (nSPS) is 12.6. The quantitative estimate of drug-likeness (QED) is 0.571. The average molecular weight is 321 g/mol. The Kier molecular flexibility index (Phi) is 3.59. The second-order valence-electron chi connectivity index (χ2n) is 5.33. The van der Waals surface area contributed by atoms with Gasteiger partial charge >= 0.3 is 0 Å². The van der Waals surface area contributed by atoms with E-state index in [0.717, 1.165) is 28.8 Å². The first-order valence-electron chi connectivity index (χ1n) is 7.52. The van der Waals surface area contributed by atoms with E-state index in [1.165, 1.54) is 17.3 Å². The highest BCUT2D eigenvalue weighted by atomic mass is 32.1. The minimum absolute atomic E-state index is 0.236. The Balaban J connectivity index is 1.81. The number of aromatic nitrogens is 5. The van der Waals surface area contributed by atoms with Gasteiger partial charge in [0.25, 0.3) is 0 Å². The second kappa shape index (κ2) is 5.89. The first kappa shape index (κ1) is 14.0. The molecule has 0 bridgehead atoms. The molecule has 0 saturated heterocycles. The molecule has 0 spiro atoms. The summed E-state index contributed by atoms with van der Waals surface area (Å²) >= 11 is 1.24. The lowest BCUT2D eigenvalue weighted by Crippen LogP contribution is -2.10. The SMILES string of the molecule is CC[C@H](c1ccncc1)n1ccnc1-c1ccc2nsnc2c1. The van der Waals surface area contributed by atoms with E-state index in [1.807, 2.05) is 30.9 Å². The Labute approximate surface area is 138 Å². The fraction of sp³-hybridized carbons (Fsp3) is 0.176. The number of benzene rings is 1. The van der Waals surface area contributed by atoms with Crippen LogP contribution in [0.4, 0.5) is 0 Å². The van der Waals surface area contributed by atoms with Crippen LogP contribution < -0.4 is 0 Å². The fourth-order valence-electron chi connectivity index (χ4n) is 2.89. The van der Waals surface area contributed by atoms with Crippen molar-refractivity contribution in [3.63, 3.8) is 0 Å². The van der Waals surface area contributed by atoms with Crippen LogP contribution in [0.5, 0.6) is 0 Å². The molecule has 4 aromatic rings. The van der Waals surface area contributed by atoms with Crippen LogP contribution in [0.3, 0.4) is 0 Å². The summed E-state index contributed by atoms with van der Waals surface area (Å²) < 4.78 is 10.8. The summed E-state index contributed by atoms with van der Waals surface area (Å²) in [4.78, 5) is 8.69. The molecule has 0 aliphatic rings. The molecule has 0 amide bonds. The van der Waals surface area contributed by atoms with Crippen molar-refractivity contribution in [2.45, 2.75) is 19.4 Å². The molecule has 0 aliphatic heterocycles. The van der Waals surface area contributed by atoms with Crippen molar-refractivity contribution in [2.24, 2.45) is 0 Å². The van der Waals surface area contributed by atoms with E-state index >= 15 is 0 Å². The molecule has 0 unspecified atom stereocenters. The van der Waals surface area contributed by atoms with Crippen molar-refractivity contribution in [1.82, 2.24) is 23.3 Å². The molecular weight excluding hydrogens is 306 g/mol. The first-order valence-corrected chi connectivity index (χ1v) is 8.25. The number of imidazole rings is 1. The highest BCUT2D eigenvalue weighted by molar-refractivity contribution is 7.00. The minimum Gasteiger partial charge on any atom is -0.324 e. The predicted octanol–water partition coefficient (Wildman–Crippen LogP) is 3.95. The second-order valence-corrected chi connectivity index (χ2v) is 5.86. The summed E-state index contributed by atoms with van der Waals surface area (Å²) in [6.45, 7) is 2.18. The number of fused-ring (bicyclic) bond motifs is 1. The summed E-state index contributed by atoms with van der Waals surface area (Å²) in [6, 6.07) is 10.5. The maximum absolute atomic E-state index is 4.57. The zero-order chi connectivity index (χ0) is 15.6. The van der Waals surface area contributed by atoms with Crippen LogP contribution in [-0.4, -0.2) is 23.3 Å². The topological polar surface area (TPSA) is 56.5 Å². The van der Waals surface area contributed by atoms with Gasteiger partial charge in [-0.05, 0) is 42.3 Å². The van der Waals surface area contributed by atoms with Gasteiger partial charge in [-0.2, -0.15) is 8.75 Å². The number of pyridine rings is 1. The number of nitrogens with zero attached hydrogens (tertiary/aromatic N) is 5. The highest BCUT2D eigenvalue weighted by Crippen LogP contribution is 2.29. The zero-order valence-electron chi connectivity index (χ0n) is 12.6. The van der Waals surface area contributed by atoms with Crippen LogP contribution in [0.25, 0.3) is 22.4 Å². The Bertz CT molecular complexity index is 928. The molecule has 0 saturated carbocycles. The zero-order valence-corrected chi connectivity index (χ0v) is 13.4. The number of hydrogen-bond donors (Lipinski definition) is 0. The van der Waals surface area contributed by atoms with Gasteiger partial charge in [0.15, 0.2) is 0 Å². The highest BCUT2D eigenvalue weighted by Gasteiger charge is 2.16. The molecule has 0 fully saturated rings. The molecule has 4 rings (SSSR count). The van der Waals surface area contributed by atoms with Crippen LogP contribution in [0.2, 0.25) is 0 Å². The molecular formula is C17H15N5S. The first-order chi connectivity index (χ1) is 11.4. The molecule has 23 heavy (non-hydrogen) atoms. The summed E-state index contributed by atoms with van der Waals surface area (Å²) in [5.41, 5.74) is 4.14. The molecule has 114 valence electrons. The number of rotatable bonds is 4. The third-order valence-corrected chi connectivity index (χ3v) is 4.55. The fourth-order valence-corrected chi connectivity index (χ4v) is 3.41. The van der Waals surface area contributed by atoms with E-state index in [1.54, 1.807) is 0 Å². The smallest absolute Gasteiger partial charge is 0.140 e. The molecule has 3 heterocycles. The minimum atomic E-state index is 0.236. The van der Waals surface area contributed by atoms with Crippen LogP contribution >= 0.6 is 11.7 Å². The molecule has 0 aliphatic carbocycles. The van der Waals surface area contributed by atoms with Gasteiger partial charge in [0.2, 0.25) is 0 Å². The van der Waals surface area contributed by atoms with Crippen molar-refractivity contribution < 1.29 is 0 Å². The lowest BCUT2D eigenvalue weighted by Gasteiger charge is -2.19. The maximum Gasteiger partial charge on any atom is 0.140 e. The van der Waals surface area contributed by atoms with Crippen molar-refractivity contribution in [2.75, 3.05) is 0 Å². The van der Waals surface area contributed by atoms with E-state index in [0.29, 0.717) is 0 Å². The van der Waals surface area contributed by atoms with Gasteiger partial charge in [0.05, 0.1) is 17.8 Å². The summed E-state index contributed by atoms with van der Waals surface area (Å²) in [5.74, 6) is 0.948. The van der Waals surface area contributed by atoms with E-state index in [-0.39, 0.29) is 6.04 Å². The van der Waals surface area contributed by atoms with E-state index in [9.17, 15) is 0 Å². The van der Waals surface area contributed by atoms with Gasteiger partial charge in [0, 0.05) is 30.4 Å². The lowest BCUT2D eigenvalue weighted by atomic mass is 10.1. The predicted molar refractivity (Wildman–Crippen MR) is 91.3 cm³/mol. The molecule has 0 radical (unpaired) electrons. The van der Waals surface area contributed by atoms with Crippen molar-refractivity contribution in [1.29, 1.82) is 0 Å². The largest absolute Gasteiger partial charge is 0.324 e. The van der Waals surface area contributed by atoms with Crippen LogP contribution in [0.1, 0.15) is 24.9 Å². The molecule has 3 aromatic heterocycles. The van der Waals surface area contributed by atoms with Crippen molar-refractivity contribution >= 4 is 22.8 Å². The van der Waals surface area contributed by atoms with Crippen molar-refractivity contribution in [3.8, 4) is 11.4 Å².